The van der Waals surface area contributed by atoms with Crippen LogP contribution in [0.25, 0.3) is 28.0 Å². The minimum atomic E-state index is -0.920. The Labute approximate surface area is 431 Å². The Morgan fingerprint density at radius 2 is 1.73 bits per heavy atom. The molecule has 0 radical (unpaired) electrons. The fourth-order valence-corrected chi connectivity index (χ4v) is 12.5. The highest BCUT2D eigenvalue weighted by atomic mass is 16.7. The highest BCUT2D eigenvalue weighted by Crippen LogP contribution is 2.67. The predicted octanol–water partition coefficient (Wildman–Crippen LogP) is 7.35. The van der Waals surface area contributed by atoms with Crippen LogP contribution >= 0.6 is 0 Å². The summed E-state index contributed by atoms with van der Waals surface area (Å²) in [5.41, 5.74) is 2.28. The summed E-state index contributed by atoms with van der Waals surface area (Å²) in [6.07, 6.45) is 11.6. The van der Waals surface area contributed by atoms with E-state index in [1.807, 2.05) is 73.3 Å². The normalized spacial score (nSPS) is 22.1. The molecule has 6 aromatic rings. The smallest absolute Gasteiger partial charge is 0.481 e. The van der Waals surface area contributed by atoms with Gasteiger partial charge in [-0.3, -0.25) is 19.4 Å². The van der Waals surface area contributed by atoms with E-state index in [1.165, 1.54) is 29.2 Å². The van der Waals surface area contributed by atoms with Gasteiger partial charge in [-0.15, -0.1) is 0 Å². The number of likely N-dealkylation sites (tertiary alicyclic amines) is 1. The Hall–Kier alpha value is -6.79. The number of aromatic hydroxyl groups is 2. The summed E-state index contributed by atoms with van der Waals surface area (Å²) in [6.45, 7) is 14.8. The monoisotopic (exact) mass is 1010 g/mol. The van der Waals surface area contributed by atoms with Gasteiger partial charge >= 0.3 is 12.8 Å². The van der Waals surface area contributed by atoms with Crippen molar-refractivity contribution in [3.63, 3.8) is 0 Å². The molecule has 18 heteroatoms. The number of piperidine rings is 1. The molecule has 5 fully saturated rings. The molecule has 3 amide bonds. The van der Waals surface area contributed by atoms with E-state index in [0.717, 1.165) is 55.1 Å². The molecular weight excluding hydrogens is 937 g/mol. The molecule has 3 aliphatic carbocycles. The number of aromatic nitrogens is 6. The molecule has 2 saturated heterocycles. The molecular formula is C56H68BN9O8. The minimum absolute atomic E-state index is 0.0166. The maximum absolute atomic E-state index is 14.6. The van der Waals surface area contributed by atoms with E-state index < -0.39 is 36.3 Å². The van der Waals surface area contributed by atoms with E-state index in [0.29, 0.717) is 48.2 Å². The molecule has 3 saturated carbocycles. The third kappa shape index (κ3) is 9.85. The average molecular weight is 1010 g/mol. The van der Waals surface area contributed by atoms with Crippen molar-refractivity contribution in [3.8, 4) is 28.6 Å². The van der Waals surface area contributed by atoms with Gasteiger partial charge in [0, 0.05) is 61.6 Å². The van der Waals surface area contributed by atoms with Gasteiger partial charge in [-0.05, 0) is 115 Å². The molecule has 3 aromatic heterocycles. The predicted molar refractivity (Wildman–Crippen MR) is 280 cm³/mol. The number of carbonyl (C=O) groups is 3. The van der Waals surface area contributed by atoms with Crippen LogP contribution in [0.5, 0.6) is 11.5 Å². The summed E-state index contributed by atoms with van der Waals surface area (Å²) < 4.78 is 17.8. The lowest BCUT2D eigenvalue weighted by atomic mass is 9.43. The first-order chi connectivity index (χ1) is 35.5. The van der Waals surface area contributed by atoms with Crippen molar-refractivity contribution in [1.29, 1.82) is 0 Å². The molecule has 5 N–H and O–H groups in total. The van der Waals surface area contributed by atoms with Crippen molar-refractivity contribution in [3.05, 3.63) is 119 Å². The number of aromatic amines is 1. The summed E-state index contributed by atoms with van der Waals surface area (Å²) in [6, 6.07) is 19.5. The lowest BCUT2D eigenvalue weighted by Crippen LogP contribution is -2.68. The van der Waals surface area contributed by atoms with Crippen molar-refractivity contribution >= 4 is 35.7 Å². The summed E-state index contributed by atoms with van der Waals surface area (Å²) >= 11 is 0. The summed E-state index contributed by atoms with van der Waals surface area (Å²) in [7, 11) is -0.784. The van der Waals surface area contributed by atoms with Crippen LogP contribution < -0.4 is 16.3 Å². The third-order valence-corrected chi connectivity index (χ3v) is 16.7. The van der Waals surface area contributed by atoms with Crippen molar-refractivity contribution in [2.24, 2.45) is 29.1 Å². The van der Waals surface area contributed by atoms with Gasteiger partial charge in [-0.1, -0.05) is 71.9 Å². The number of carbonyl (C=O) groups excluding carboxylic acids is 3. The fraction of sp³-hybridized carbons (Fsp3) is 0.482. The Balaban J connectivity index is 0.791. The molecule has 2 aliphatic heterocycles. The summed E-state index contributed by atoms with van der Waals surface area (Å²) in [5.74, 6) is -0.135. The first-order valence-corrected chi connectivity index (χ1v) is 26.3. The number of rotatable bonds is 17. The second-order valence-corrected chi connectivity index (χ2v) is 22.5. The van der Waals surface area contributed by atoms with E-state index >= 15 is 0 Å². The second-order valence-electron chi connectivity index (χ2n) is 22.5. The Morgan fingerprint density at radius 1 is 0.946 bits per heavy atom. The van der Waals surface area contributed by atoms with Gasteiger partial charge < -0.3 is 39.6 Å². The zero-order chi connectivity index (χ0) is 52.1. The SMILES string of the molecule is CC(C)C[C@H](NC(=O)[C@H](Cc1ccccc1)NC(=O)c1cnccn1)B1O[C@H]2C[C@@H]3C[C@@H](C3(C)C)[C@@]2(CC(=O)N2CCC(CCn3ccc4cc(-n5c(-c6cc(C(C)C)c(O)cc6O)n[nH]c5=O)ccc43)CC2)O1. The van der Waals surface area contributed by atoms with Gasteiger partial charge in [-0.2, -0.15) is 5.10 Å². The molecule has 5 heterocycles. The van der Waals surface area contributed by atoms with Crippen LogP contribution in [0.1, 0.15) is 114 Å². The largest absolute Gasteiger partial charge is 0.508 e. The topological polar surface area (TPSA) is 219 Å². The quantitative estimate of drug-likeness (QED) is 0.0569. The lowest BCUT2D eigenvalue weighted by molar-refractivity contribution is -0.212. The van der Waals surface area contributed by atoms with E-state index in [2.05, 4.69) is 69.3 Å². The van der Waals surface area contributed by atoms with Crippen molar-refractivity contribution in [2.75, 3.05) is 13.1 Å². The van der Waals surface area contributed by atoms with Crippen LogP contribution in [-0.4, -0.2) is 106 Å². The number of aryl methyl sites for hydroxylation is 1. The van der Waals surface area contributed by atoms with Crippen LogP contribution in [0.3, 0.4) is 0 Å². The summed E-state index contributed by atoms with van der Waals surface area (Å²) in [4.78, 5) is 65.8. The van der Waals surface area contributed by atoms with Crippen molar-refractivity contribution < 1.29 is 33.9 Å². The van der Waals surface area contributed by atoms with Crippen LogP contribution in [0.4, 0.5) is 0 Å². The fourth-order valence-electron chi connectivity index (χ4n) is 12.5. The number of amides is 3. The molecule has 6 atom stereocenters. The first kappa shape index (κ1) is 50.7. The number of nitrogens with zero attached hydrogens (tertiary/aromatic N) is 6. The Morgan fingerprint density at radius 3 is 2.45 bits per heavy atom. The number of nitrogens with one attached hydrogen (secondary N) is 3. The van der Waals surface area contributed by atoms with Gasteiger partial charge in [0.1, 0.15) is 23.2 Å². The van der Waals surface area contributed by atoms with Crippen LogP contribution in [0.2, 0.25) is 0 Å². The van der Waals surface area contributed by atoms with Crippen molar-refractivity contribution in [2.45, 2.75) is 129 Å². The standard InChI is InChI=1S/C56H68BN9O8/c1-33(2)24-49(61-52(70)42(25-36-10-8-7-9-11-36)60-53(71)43-32-58-18-19-59-43)57-73-48-28-38-27-47(55(38,5)6)56(48,74-57)31-50(69)65-21-15-35(16-22-65)14-20-64-23-17-37-26-39(12-13-44(37)64)66-51(62-63-54(66)72)41-29-40(34(3)4)45(67)30-46(41)68/h7-13,17-19,23,26,29-30,32-35,38,42,47-49,67-68H,14-16,20-22,24-25,27-28,31H2,1-6H3,(H,60,71)(H,61,70)(H,63,72)/t38-,42-,47-,48-,49-,56+/m0/s1. The number of benzene rings is 3. The Bertz CT molecular complexity index is 3080. The highest BCUT2D eigenvalue weighted by Gasteiger charge is 2.71. The number of phenolic OH excluding ortho intramolecular Hbond substituents is 2. The molecule has 74 heavy (non-hydrogen) atoms. The van der Waals surface area contributed by atoms with Crippen LogP contribution in [0.15, 0.2) is 96.3 Å². The number of hydrogen-bond donors (Lipinski definition) is 5. The Kier molecular flexibility index (Phi) is 14.1. The van der Waals surface area contributed by atoms with Gasteiger partial charge in [0.15, 0.2) is 5.82 Å². The molecule has 0 spiro atoms. The van der Waals surface area contributed by atoms with E-state index in [-0.39, 0.29) is 76.9 Å². The molecule has 0 unspecified atom stereocenters. The average Bonchev–Trinajstić information content (AvgIpc) is 4.11. The second kappa shape index (κ2) is 20.5. The molecule has 5 aliphatic rings. The van der Waals surface area contributed by atoms with E-state index in [4.69, 9.17) is 9.31 Å². The molecule has 11 rings (SSSR count). The van der Waals surface area contributed by atoms with Crippen LogP contribution in [-0.2, 0) is 31.9 Å². The maximum atomic E-state index is 14.6. The number of H-pyrrole nitrogens is 1. The van der Waals surface area contributed by atoms with E-state index in [9.17, 15) is 29.4 Å². The van der Waals surface area contributed by atoms with E-state index in [1.54, 1.807) is 6.07 Å². The number of hydrogen-bond acceptors (Lipinski definition) is 11. The molecule has 3 aromatic carbocycles. The number of fused-ring (bicyclic) bond motifs is 1. The lowest BCUT2D eigenvalue weighted by Gasteiger charge is -2.65. The van der Waals surface area contributed by atoms with Crippen molar-refractivity contribution in [1.82, 2.24) is 44.8 Å². The minimum Gasteiger partial charge on any atom is -0.508 e. The maximum Gasteiger partial charge on any atom is 0.481 e. The molecule has 17 nitrogen and oxygen atoms in total. The molecule has 2 bridgehead atoms. The zero-order valence-corrected chi connectivity index (χ0v) is 43.2. The van der Waals surface area contributed by atoms with Gasteiger partial charge in [0.2, 0.25) is 11.8 Å². The zero-order valence-electron chi connectivity index (χ0n) is 43.2. The van der Waals surface area contributed by atoms with Gasteiger partial charge in [0.25, 0.3) is 5.91 Å². The molecule has 388 valence electrons. The van der Waals surface area contributed by atoms with Crippen LogP contribution in [0, 0.1) is 29.1 Å². The highest BCUT2D eigenvalue weighted by molar-refractivity contribution is 6.48. The number of phenols is 2. The first-order valence-electron chi connectivity index (χ1n) is 26.3. The summed E-state index contributed by atoms with van der Waals surface area (Å²) in [5, 5.41) is 35.2. The third-order valence-electron chi connectivity index (χ3n) is 16.7. The van der Waals surface area contributed by atoms with Gasteiger partial charge in [0.05, 0.1) is 41.5 Å². The van der Waals surface area contributed by atoms with Gasteiger partial charge in [-0.25, -0.2) is 19.4 Å².